The van der Waals surface area contributed by atoms with Gasteiger partial charge in [0.1, 0.15) is 11.0 Å². The van der Waals surface area contributed by atoms with Gasteiger partial charge in [-0.25, -0.2) is 0 Å². The maximum absolute atomic E-state index is 12.7. The van der Waals surface area contributed by atoms with Gasteiger partial charge >= 0.3 is 6.29 Å². The molecule has 1 saturated heterocycles. The quantitative estimate of drug-likeness (QED) is 0.590. The number of benzene rings is 1. The second kappa shape index (κ2) is 2.88. The maximum atomic E-state index is 12.7. The van der Waals surface area contributed by atoms with Crippen molar-refractivity contribution >= 4 is 18.0 Å². The normalized spacial score (nSPS) is 28.9. The van der Waals surface area contributed by atoms with Crippen LogP contribution in [0.1, 0.15) is 5.56 Å². The molecule has 0 N–H and O–H groups in total. The number of thioether (sulfide) groups is 1. The van der Waals surface area contributed by atoms with Crippen LogP contribution in [0.5, 0.6) is 11.5 Å². The summed E-state index contributed by atoms with van der Waals surface area (Å²) in [5.74, 6) is 0.656. The van der Waals surface area contributed by atoms with Gasteiger partial charge in [-0.05, 0) is 17.7 Å². The van der Waals surface area contributed by atoms with Crippen LogP contribution in [0.4, 0.5) is 8.78 Å². The Balaban J connectivity index is 1.99. The number of halogens is 2. The average molecular weight is 244 g/mol. The van der Waals surface area contributed by atoms with Gasteiger partial charge in [0.2, 0.25) is 0 Å². The first-order valence-electron chi connectivity index (χ1n) is 4.55. The molecule has 1 fully saturated rings. The molecule has 0 bridgehead atoms. The van der Waals surface area contributed by atoms with Crippen molar-refractivity contribution in [2.45, 2.75) is 11.0 Å². The molecule has 6 heteroatoms. The molecule has 16 heavy (non-hydrogen) atoms. The van der Waals surface area contributed by atoms with Crippen molar-refractivity contribution in [3.63, 3.8) is 0 Å². The van der Waals surface area contributed by atoms with E-state index in [2.05, 4.69) is 9.47 Å². The lowest BCUT2D eigenvalue weighted by molar-refractivity contribution is -0.286. The van der Waals surface area contributed by atoms with Crippen LogP contribution in [-0.2, 0) is 9.54 Å². The molecule has 3 rings (SSSR count). The Morgan fingerprint density at radius 3 is 2.62 bits per heavy atom. The van der Waals surface area contributed by atoms with E-state index in [-0.39, 0.29) is 11.5 Å². The lowest BCUT2D eigenvalue weighted by Gasteiger charge is -2.06. The Kier molecular flexibility index (Phi) is 1.78. The van der Waals surface area contributed by atoms with Gasteiger partial charge in [0.25, 0.3) is 0 Å². The highest BCUT2D eigenvalue weighted by Gasteiger charge is 2.48. The molecule has 0 aromatic heterocycles. The van der Waals surface area contributed by atoms with E-state index in [0.717, 1.165) is 6.29 Å². The van der Waals surface area contributed by atoms with Crippen molar-refractivity contribution in [1.29, 1.82) is 0 Å². The molecule has 0 radical (unpaired) electrons. The molecule has 1 aromatic carbocycles. The van der Waals surface area contributed by atoms with Crippen LogP contribution in [0.25, 0.3) is 0 Å². The summed E-state index contributed by atoms with van der Waals surface area (Å²) in [6.45, 7) is 0. The number of hydrogen-bond donors (Lipinski definition) is 0. The summed E-state index contributed by atoms with van der Waals surface area (Å²) in [5, 5.41) is 0. The van der Waals surface area contributed by atoms with Crippen LogP contribution in [0, 0.1) is 0 Å². The fourth-order valence-corrected chi connectivity index (χ4v) is 2.34. The Morgan fingerprint density at radius 2 is 2.00 bits per heavy atom. The number of fused-ring (bicyclic) bond motifs is 1. The van der Waals surface area contributed by atoms with Crippen LogP contribution in [0.2, 0.25) is 0 Å². The molecule has 84 valence electrons. The van der Waals surface area contributed by atoms with E-state index in [1.54, 1.807) is 6.07 Å². The third-order valence-electron chi connectivity index (χ3n) is 2.54. The standard InChI is InChI=1S/C10H6F2O3S/c11-10(12)14-7-2-1-6(3-8(7)15-10)9(4-13)5-16-9/h1-4H,5H2. The molecule has 0 amide bonds. The number of carbonyl (C=O) groups is 1. The van der Waals surface area contributed by atoms with Gasteiger partial charge < -0.3 is 14.3 Å². The molecule has 2 aliphatic rings. The van der Waals surface area contributed by atoms with Crippen LogP contribution in [-0.4, -0.2) is 18.3 Å². The Labute approximate surface area is 93.7 Å². The Morgan fingerprint density at radius 1 is 1.31 bits per heavy atom. The maximum Gasteiger partial charge on any atom is 0.586 e. The fraction of sp³-hybridized carbons (Fsp3) is 0.300. The van der Waals surface area contributed by atoms with E-state index < -0.39 is 11.0 Å². The van der Waals surface area contributed by atoms with Gasteiger partial charge in [-0.2, -0.15) is 0 Å². The van der Waals surface area contributed by atoms with Crippen molar-refractivity contribution in [1.82, 2.24) is 0 Å². The summed E-state index contributed by atoms with van der Waals surface area (Å²) in [6.07, 6.45) is -2.78. The van der Waals surface area contributed by atoms with E-state index >= 15 is 0 Å². The third-order valence-corrected chi connectivity index (χ3v) is 3.78. The molecule has 2 aliphatic heterocycles. The molecule has 1 aromatic rings. The van der Waals surface area contributed by atoms with Crippen molar-refractivity contribution in [2.75, 3.05) is 5.75 Å². The van der Waals surface area contributed by atoms with Crippen molar-refractivity contribution in [3.05, 3.63) is 23.8 Å². The predicted molar refractivity (Wildman–Crippen MR) is 52.8 cm³/mol. The second-order valence-electron chi connectivity index (χ2n) is 3.63. The summed E-state index contributed by atoms with van der Waals surface area (Å²) >= 11 is 1.46. The molecule has 2 heterocycles. The Hall–Kier alpha value is -1.30. The third kappa shape index (κ3) is 1.36. The van der Waals surface area contributed by atoms with E-state index in [1.165, 1.54) is 23.9 Å². The summed E-state index contributed by atoms with van der Waals surface area (Å²) in [5.41, 5.74) is 0.674. The summed E-state index contributed by atoms with van der Waals surface area (Å²) in [6, 6.07) is 4.44. The van der Waals surface area contributed by atoms with Gasteiger partial charge in [0, 0.05) is 5.75 Å². The predicted octanol–water partition coefficient (Wildman–Crippen LogP) is 2.15. The van der Waals surface area contributed by atoms with Crippen LogP contribution in [0.15, 0.2) is 18.2 Å². The molecule has 0 spiro atoms. The van der Waals surface area contributed by atoms with Crippen LogP contribution < -0.4 is 9.47 Å². The van der Waals surface area contributed by atoms with E-state index in [4.69, 9.17) is 0 Å². The number of rotatable bonds is 2. The number of carbonyl (C=O) groups excluding carboxylic acids is 1. The molecule has 0 saturated carbocycles. The molecule has 0 aliphatic carbocycles. The first-order chi connectivity index (χ1) is 7.55. The van der Waals surface area contributed by atoms with Gasteiger partial charge in [-0.1, -0.05) is 6.07 Å². The first kappa shape index (κ1) is 9.89. The number of hydrogen-bond acceptors (Lipinski definition) is 4. The minimum Gasteiger partial charge on any atom is -0.395 e. The zero-order chi connectivity index (χ0) is 11.4. The number of ether oxygens (including phenoxy) is 2. The van der Waals surface area contributed by atoms with Crippen LogP contribution in [0.3, 0.4) is 0 Å². The van der Waals surface area contributed by atoms with Crippen molar-refractivity contribution in [3.8, 4) is 11.5 Å². The van der Waals surface area contributed by atoms with Crippen molar-refractivity contribution in [2.24, 2.45) is 0 Å². The lowest BCUT2D eigenvalue weighted by atomic mass is 10.0. The topological polar surface area (TPSA) is 35.5 Å². The van der Waals surface area contributed by atoms with Gasteiger partial charge in [-0.3, -0.25) is 0 Å². The highest BCUT2D eigenvalue weighted by molar-refractivity contribution is 8.08. The van der Waals surface area contributed by atoms with E-state index in [1.807, 2.05) is 0 Å². The molecule has 1 atom stereocenters. The second-order valence-corrected chi connectivity index (χ2v) is 4.93. The van der Waals surface area contributed by atoms with E-state index in [0.29, 0.717) is 11.3 Å². The smallest absolute Gasteiger partial charge is 0.395 e. The van der Waals surface area contributed by atoms with Gasteiger partial charge in [0.15, 0.2) is 11.5 Å². The highest BCUT2D eigenvalue weighted by Crippen LogP contribution is 2.54. The number of alkyl halides is 2. The molecule has 3 nitrogen and oxygen atoms in total. The zero-order valence-corrected chi connectivity index (χ0v) is 8.72. The molecule has 1 unspecified atom stereocenters. The van der Waals surface area contributed by atoms with Crippen molar-refractivity contribution < 1.29 is 23.0 Å². The van der Waals surface area contributed by atoms with Crippen LogP contribution >= 0.6 is 11.8 Å². The van der Waals surface area contributed by atoms with Gasteiger partial charge in [-0.15, -0.1) is 20.5 Å². The Bertz CT molecular complexity index is 471. The number of aldehydes is 1. The average Bonchev–Trinajstić information content (AvgIpc) is 2.95. The SMILES string of the molecule is O=CC1(c2ccc3c(c2)OC(F)(F)O3)CS1. The summed E-state index contributed by atoms with van der Waals surface area (Å²) < 4.78 is 33.5. The summed E-state index contributed by atoms with van der Waals surface area (Å²) in [4.78, 5) is 10.9. The lowest BCUT2D eigenvalue weighted by Crippen LogP contribution is -2.25. The highest BCUT2D eigenvalue weighted by atomic mass is 32.2. The van der Waals surface area contributed by atoms with E-state index in [9.17, 15) is 13.6 Å². The monoisotopic (exact) mass is 244 g/mol. The first-order valence-corrected chi connectivity index (χ1v) is 5.54. The molecular weight excluding hydrogens is 238 g/mol. The fourth-order valence-electron chi connectivity index (χ4n) is 1.59. The largest absolute Gasteiger partial charge is 0.586 e. The minimum absolute atomic E-state index is 0.000416. The molecular formula is C10H6F2O3S. The minimum atomic E-state index is -3.61. The van der Waals surface area contributed by atoms with Gasteiger partial charge in [0.05, 0.1) is 0 Å². The summed E-state index contributed by atoms with van der Waals surface area (Å²) in [7, 11) is 0. The zero-order valence-electron chi connectivity index (χ0n) is 7.91.